The Labute approximate surface area is 218 Å². The van der Waals surface area contributed by atoms with E-state index in [0.29, 0.717) is 53.2 Å². The minimum absolute atomic E-state index is 0.257. The normalized spacial score (nSPS) is 17.6. The van der Waals surface area contributed by atoms with Crippen molar-refractivity contribution in [2.45, 2.75) is 13.5 Å². The lowest BCUT2D eigenvalue weighted by Crippen LogP contribution is -2.46. The Hall–Kier alpha value is -2.14. The highest BCUT2D eigenvalue weighted by Crippen LogP contribution is 2.38. The maximum Gasteiger partial charge on any atom is 0.294 e. The molecule has 2 aliphatic rings. The van der Waals surface area contributed by atoms with Crippen molar-refractivity contribution < 1.29 is 23.9 Å². The van der Waals surface area contributed by atoms with E-state index in [4.69, 9.17) is 9.47 Å². The molecule has 0 saturated carbocycles. The number of morpholine rings is 1. The van der Waals surface area contributed by atoms with E-state index in [9.17, 15) is 14.4 Å². The first kappa shape index (κ1) is 25.0. The fourth-order valence-electron chi connectivity index (χ4n) is 3.48. The van der Waals surface area contributed by atoms with Crippen LogP contribution >= 0.6 is 43.6 Å². The Balaban J connectivity index is 1.44. The van der Waals surface area contributed by atoms with E-state index in [2.05, 4.69) is 31.9 Å². The molecule has 0 aliphatic carbocycles. The Morgan fingerprint density at radius 2 is 1.76 bits per heavy atom. The van der Waals surface area contributed by atoms with Crippen LogP contribution in [-0.2, 0) is 20.9 Å². The van der Waals surface area contributed by atoms with E-state index in [-0.39, 0.29) is 17.4 Å². The number of amides is 3. The molecule has 2 aromatic carbocycles. The van der Waals surface area contributed by atoms with E-state index in [1.807, 2.05) is 43.3 Å². The quantitative estimate of drug-likeness (QED) is 0.429. The van der Waals surface area contributed by atoms with Gasteiger partial charge in [0.1, 0.15) is 18.9 Å². The largest absolute Gasteiger partial charge is 0.487 e. The maximum atomic E-state index is 12.8. The number of nitrogens with zero attached hydrogens (tertiary/aromatic N) is 2. The monoisotopic (exact) mass is 608 g/mol. The Bertz CT molecular complexity index is 1120. The topological polar surface area (TPSA) is 76.2 Å². The maximum absolute atomic E-state index is 12.8. The highest BCUT2D eigenvalue weighted by molar-refractivity contribution is 9.11. The van der Waals surface area contributed by atoms with Crippen LogP contribution in [0.5, 0.6) is 5.75 Å². The predicted molar refractivity (Wildman–Crippen MR) is 137 cm³/mol. The van der Waals surface area contributed by atoms with Crippen molar-refractivity contribution in [3.8, 4) is 5.75 Å². The van der Waals surface area contributed by atoms with Crippen LogP contribution in [0.25, 0.3) is 6.08 Å². The first-order valence-electron chi connectivity index (χ1n) is 10.6. The van der Waals surface area contributed by atoms with E-state index < -0.39 is 11.1 Å². The molecule has 178 valence electrons. The van der Waals surface area contributed by atoms with Crippen LogP contribution in [0.3, 0.4) is 0 Å². The number of ether oxygens (including phenoxy) is 2. The van der Waals surface area contributed by atoms with Crippen molar-refractivity contribution in [2.75, 3.05) is 32.8 Å². The van der Waals surface area contributed by atoms with Crippen molar-refractivity contribution in [1.29, 1.82) is 0 Å². The van der Waals surface area contributed by atoms with Crippen LogP contribution < -0.4 is 4.74 Å². The summed E-state index contributed by atoms with van der Waals surface area (Å²) in [5, 5.41) is -0.450. The van der Waals surface area contributed by atoms with Crippen molar-refractivity contribution >= 4 is 66.8 Å². The summed E-state index contributed by atoms with van der Waals surface area (Å²) in [7, 11) is 0. The number of rotatable bonds is 6. The molecule has 0 N–H and O–H groups in total. The summed E-state index contributed by atoms with van der Waals surface area (Å²) < 4.78 is 12.6. The minimum atomic E-state index is -0.469. The summed E-state index contributed by atoms with van der Waals surface area (Å²) >= 11 is 7.90. The molecule has 0 spiro atoms. The van der Waals surface area contributed by atoms with Crippen molar-refractivity contribution in [3.05, 3.63) is 66.9 Å². The predicted octanol–water partition coefficient (Wildman–Crippen LogP) is 4.99. The van der Waals surface area contributed by atoms with Gasteiger partial charge < -0.3 is 14.4 Å². The average molecular weight is 610 g/mol. The number of hydrogen-bond acceptors (Lipinski definition) is 6. The zero-order chi connectivity index (χ0) is 24.2. The fraction of sp³-hybridized carbons (Fsp3) is 0.292. The molecule has 2 fully saturated rings. The van der Waals surface area contributed by atoms with Gasteiger partial charge in [0.25, 0.3) is 11.1 Å². The molecular formula is C24H22Br2N2O5S. The van der Waals surface area contributed by atoms with Crippen molar-refractivity contribution in [1.82, 2.24) is 9.80 Å². The molecular weight excluding hydrogens is 588 g/mol. The van der Waals surface area contributed by atoms with E-state index in [1.165, 1.54) is 5.56 Å². The van der Waals surface area contributed by atoms with Gasteiger partial charge in [-0.1, -0.05) is 29.8 Å². The summed E-state index contributed by atoms with van der Waals surface area (Å²) in [5.41, 5.74) is 2.95. The van der Waals surface area contributed by atoms with Gasteiger partial charge in [0.15, 0.2) is 0 Å². The molecule has 0 bridgehead atoms. The lowest BCUT2D eigenvalue weighted by atomic mass is 10.1. The fourth-order valence-corrected chi connectivity index (χ4v) is 5.77. The van der Waals surface area contributed by atoms with Crippen LogP contribution in [-0.4, -0.2) is 59.7 Å². The third kappa shape index (κ3) is 5.91. The molecule has 2 saturated heterocycles. The summed E-state index contributed by atoms with van der Waals surface area (Å²) in [6.07, 6.45) is 1.64. The lowest BCUT2D eigenvalue weighted by molar-refractivity contribution is -0.139. The molecule has 4 rings (SSSR count). The molecule has 0 atom stereocenters. The second kappa shape index (κ2) is 11.1. The van der Waals surface area contributed by atoms with Gasteiger partial charge in [0.2, 0.25) is 5.91 Å². The second-order valence-corrected chi connectivity index (χ2v) is 10.6. The van der Waals surface area contributed by atoms with Gasteiger partial charge in [0, 0.05) is 13.1 Å². The van der Waals surface area contributed by atoms with Crippen molar-refractivity contribution in [2.24, 2.45) is 0 Å². The molecule has 0 unspecified atom stereocenters. The highest BCUT2D eigenvalue weighted by Gasteiger charge is 2.37. The third-order valence-electron chi connectivity index (χ3n) is 5.35. The molecule has 2 aromatic rings. The van der Waals surface area contributed by atoms with Gasteiger partial charge >= 0.3 is 0 Å². The van der Waals surface area contributed by atoms with Crippen LogP contribution in [0.1, 0.15) is 16.7 Å². The van der Waals surface area contributed by atoms with Gasteiger partial charge in [0.05, 0.1) is 27.1 Å². The van der Waals surface area contributed by atoms with Gasteiger partial charge in [-0.15, -0.1) is 0 Å². The average Bonchev–Trinajstić information content (AvgIpc) is 3.07. The number of imide groups is 1. The summed E-state index contributed by atoms with van der Waals surface area (Å²) in [4.78, 5) is 40.6. The van der Waals surface area contributed by atoms with Crippen LogP contribution in [0.4, 0.5) is 4.79 Å². The zero-order valence-electron chi connectivity index (χ0n) is 18.4. The molecule has 7 nitrogen and oxygen atoms in total. The van der Waals surface area contributed by atoms with Gasteiger partial charge in [-0.25, -0.2) is 0 Å². The Kier molecular flexibility index (Phi) is 8.13. The number of benzene rings is 2. The number of carbonyl (C=O) groups excluding carboxylic acids is 3. The van der Waals surface area contributed by atoms with E-state index >= 15 is 0 Å². The van der Waals surface area contributed by atoms with E-state index in [0.717, 1.165) is 22.2 Å². The third-order valence-corrected chi connectivity index (χ3v) is 7.44. The summed E-state index contributed by atoms with van der Waals surface area (Å²) in [6, 6.07) is 11.8. The zero-order valence-corrected chi connectivity index (χ0v) is 22.4. The molecule has 10 heteroatoms. The highest BCUT2D eigenvalue weighted by atomic mass is 79.9. The van der Waals surface area contributed by atoms with Gasteiger partial charge in [-0.3, -0.25) is 19.3 Å². The van der Waals surface area contributed by atoms with Crippen molar-refractivity contribution in [3.63, 3.8) is 0 Å². The Morgan fingerprint density at radius 3 is 2.41 bits per heavy atom. The lowest BCUT2D eigenvalue weighted by Gasteiger charge is -2.28. The first-order valence-corrected chi connectivity index (χ1v) is 13.0. The van der Waals surface area contributed by atoms with Crippen LogP contribution in [0.2, 0.25) is 0 Å². The number of hydrogen-bond donors (Lipinski definition) is 0. The molecule has 34 heavy (non-hydrogen) atoms. The second-order valence-electron chi connectivity index (χ2n) is 7.85. The summed E-state index contributed by atoms with van der Waals surface area (Å²) in [5.74, 6) is -0.0853. The Morgan fingerprint density at radius 1 is 1.12 bits per heavy atom. The van der Waals surface area contributed by atoms with Gasteiger partial charge in [-0.2, -0.15) is 0 Å². The molecule has 0 aromatic heterocycles. The molecule has 2 heterocycles. The summed E-state index contributed by atoms with van der Waals surface area (Å²) in [6.45, 7) is 4.03. The van der Waals surface area contributed by atoms with Gasteiger partial charge in [-0.05, 0) is 79.9 Å². The number of carbonyl (C=O) groups is 3. The smallest absolute Gasteiger partial charge is 0.294 e. The molecule has 3 amide bonds. The molecule has 2 aliphatic heterocycles. The van der Waals surface area contributed by atoms with Crippen LogP contribution in [0, 0.1) is 6.92 Å². The van der Waals surface area contributed by atoms with E-state index in [1.54, 1.807) is 11.0 Å². The minimum Gasteiger partial charge on any atom is -0.487 e. The standard InChI is InChI=1S/C24H22Br2N2O5S/c1-15-2-4-16(5-3-15)14-33-22-18(25)10-17(11-19(22)26)12-20-23(30)28(24(31)34-20)13-21(29)27-6-8-32-9-7-27/h2-5,10-12H,6-9,13-14H2,1H3/b20-12+. The number of aryl methyl sites for hydroxylation is 1. The van der Waals surface area contributed by atoms with Crippen LogP contribution in [0.15, 0.2) is 50.2 Å². The number of halogens is 2. The number of thioether (sulfide) groups is 1. The molecule has 0 radical (unpaired) electrons. The first-order chi connectivity index (χ1) is 16.3. The SMILES string of the molecule is Cc1ccc(COc2c(Br)cc(/C=C3/SC(=O)N(CC(=O)N4CCOCC4)C3=O)cc2Br)cc1.